The van der Waals surface area contributed by atoms with Gasteiger partial charge in [-0.25, -0.2) is 4.98 Å². The summed E-state index contributed by atoms with van der Waals surface area (Å²) in [7, 11) is 0. The molecule has 0 radical (unpaired) electrons. The van der Waals surface area contributed by atoms with Gasteiger partial charge in [-0.3, -0.25) is 14.6 Å². The van der Waals surface area contributed by atoms with E-state index in [2.05, 4.69) is 9.97 Å². The Bertz CT molecular complexity index is 386. The zero-order chi connectivity index (χ0) is 10.7. The molecule has 0 aliphatic rings. The van der Waals surface area contributed by atoms with Gasteiger partial charge >= 0.3 is 0 Å². The Morgan fingerprint density at radius 1 is 1.36 bits per heavy atom. The molecule has 4 heteroatoms. The Labute approximate surface area is 82.4 Å². The van der Waals surface area contributed by atoms with Crippen molar-refractivity contribution in [3.05, 3.63) is 23.3 Å². The molecule has 0 amide bonds. The number of ketones is 2. The van der Waals surface area contributed by atoms with Crippen molar-refractivity contribution in [3.8, 4) is 0 Å². The van der Waals surface area contributed by atoms with E-state index < -0.39 is 0 Å². The van der Waals surface area contributed by atoms with Gasteiger partial charge in [-0.15, -0.1) is 0 Å². The van der Waals surface area contributed by atoms with Crippen LogP contribution in [0.1, 0.15) is 35.2 Å². The fourth-order valence-electron chi connectivity index (χ4n) is 1.11. The Balaban J connectivity index is 3.00. The first-order valence-corrected chi connectivity index (χ1v) is 4.33. The van der Waals surface area contributed by atoms with Crippen LogP contribution in [0.2, 0.25) is 0 Å². The van der Waals surface area contributed by atoms with E-state index in [1.54, 1.807) is 20.0 Å². The van der Waals surface area contributed by atoms with E-state index in [0.717, 1.165) is 0 Å². The van der Waals surface area contributed by atoms with Crippen molar-refractivity contribution in [1.82, 2.24) is 9.97 Å². The van der Waals surface area contributed by atoms with Crippen LogP contribution < -0.4 is 0 Å². The standard InChI is InChI=1S/C10H12N2O2/c1-6-5-11-8(3)10(12-6)9(14)4-7(2)13/h5H,4H2,1-3H3. The molecule has 0 aliphatic carbocycles. The topological polar surface area (TPSA) is 59.9 Å². The molecule has 1 aromatic heterocycles. The average Bonchev–Trinajstić information content (AvgIpc) is 2.08. The molecule has 4 nitrogen and oxygen atoms in total. The molecule has 0 N–H and O–H groups in total. The van der Waals surface area contributed by atoms with Gasteiger partial charge < -0.3 is 0 Å². The molecule has 0 spiro atoms. The monoisotopic (exact) mass is 192 g/mol. The molecule has 1 aromatic rings. The summed E-state index contributed by atoms with van der Waals surface area (Å²) >= 11 is 0. The molecule has 14 heavy (non-hydrogen) atoms. The van der Waals surface area contributed by atoms with Crippen molar-refractivity contribution in [2.45, 2.75) is 27.2 Å². The molecule has 74 valence electrons. The third-order valence-electron chi connectivity index (χ3n) is 1.75. The van der Waals surface area contributed by atoms with E-state index in [4.69, 9.17) is 0 Å². The number of aromatic nitrogens is 2. The van der Waals surface area contributed by atoms with Crippen LogP contribution >= 0.6 is 0 Å². The van der Waals surface area contributed by atoms with E-state index in [-0.39, 0.29) is 18.0 Å². The minimum absolute atomic E-state index is 0.0982. The van der Waals surface area contributed by atoms with Crippen LogP contribution in [-0.2, 0) is 4.79 Å². The SMILES string of the molecule is CC(=O)CC(=O)c1nc(C)cnc1C. The Hall–Kier alpha value is -1.58. The van der Waals surface area contributed by atoms with Gasteiger partial charge in [0.1, 0.15) is 11.5 Å². The summed E-state index contributed by atoms with van der Waals surface area (Å²) in [6.45, 7) is 4.85. The first kappa shape index (κ1) is 10.5. The highest BCUT2D eigenvalue weighted by atomic mass is 16.1. The van der Waals surface area contributed by atoms with Crippen molar-refractivity contribution in [3.63, 3.8) is 0 Å². The van der Waals surface area contributed by atoms with Crippen LogP contribution in [0.15, 0.2) is 6.20 Å². The van der Waals surface area contributed by atoms with Crippen molar-refractivity contribution in [2.75, 3.05) is 0 Å². The van der Waals surface area contributed by atoms with E-state index in [1.807, 2.05) is 0 Å². The second-order valence-corrected chi connectivity index (χ2v) is 3.25. The molecule has 0 atom stereocenters. The third-order valence-corrected chi connectivity index (χ3v) is 1.75. The van der Waals surface area contributed by atoms with Crippen molar-refractivity contribution >= 4 is 11.6 Å². The van der Waals surface area contributed by atoms with Crippen LogP contribution in [-0.4, -0.2) is 21.5 Å². The molecule has 0 saturated carbocycles. The Kier molecular flexibility index (Phi) is 3.06. The predicted molar refractivity (Wildman–Crippen MR) is 51.1 cm³/mol. The average molecular weight is 192 g/mol. The lowest BCUT2D eigenvalue weighted by atomic mass is 10.1. The molecule has 0 aliphatic heterocycles. The molecule has 0 saturated heterocycles. The van der Waals surface area contributed by atoms with Crippen molar-refractivity contribution < 1.29 is 9.59 Å². The lowest BCUT2D eigenvalue weighted by Gasteiger charge is -2.02. The first-order valence-electron chi connectivity index (χ1n) is 4.33. The number of carbonyl (C=O) groups excluding carboxylic acids is 2. The van der Waals surface area contributed by atoms with Gasteiger partial charge in [0.25, 0.3) is 0 Å². The second-order valence-electron chi connectivity index (χ2n) is 3.25. The zero-order valence-electron chi connectivity index (χ0n) is 8.50. The summed E-state index contributed by atoms with van der Waals surface area (Å²) in [6, 6.07) is 0. The molecule has 0 unspecified atom stereocenters. The number of carbonyl (C=O) groups is 2. The highest BCUT2D eigenvalue weighted by Gasteiger charge is 2.13. The van der Waals surface area contributed by atoms with Crippen LogP contribution in [0.4, 0.5) is 0 Å². The number of hydrogen-bond acceptors (Lipinski definition) is 4. The largest absolute Gasteiger partial charge is 0.300 e. The van der Waals surface area contributed by atoms with Gasteiger partial charge in [0.15, 0.2) is 5.78 Å². The van der Waals surface area contributed by atoms with Gasteiger partial charge in [-0.05, 0) is 20.8 Å². The number of hydrogen-bond donors (Lipinski definition) is 0. The van der Waals surface area contributed by atoms with Gasteiger partial charge in [-0.2, -0.15) is 0 Å². The second kappa shape index (κ2) is 4.09. The fourth-order valence-corrected chi connectivity index (χ4v) is 1.11. The van der Waals surface area contributed by atoms with Crippen LogP contribution in [0.5, 0.6) is 0 Å². The van der Waals surface area contributed by atoms with Gasteiger partial charge in [0.2, 0.25) is 0 Å². The minimum Gasteiger partial charge on any atom is -0.300 e. The molecule has 1 heterocycles. The molecule has 0 fully saturated rings. The molecular weight excluding hydrogens is 180 g/mol. The van der Waals surface area contributed by atoms with E-state index in [9.17, 15) is 9.59 Å². The highest BCUT2D eigenvalue weighted by molar-refractivity contribution is 6.06. The summed E-state index contributed by atoms with van der Waals surface area (Å²) in [5.74, 6) is -0.413. The Morgan fingerprint density at radius 2 is 2.00 bits per heavy atom. The molecule has 1 rings (SSSR count). The Morgan fingerprint density at radius 3 is 2.57 bits per heavy atom. The van der Waals surface area contributed by atoms with Crippen LogP contribution in [0, 0.1) is 13.8 Å². The van der Waals surface area contributed by atoms with Crippen molar-refractivity contribution in [2.24, 2.45) is 0 Å². The zero-order valence-corrected chi connectivity index (χ0v) is 8.50. The molecule has 0 bridgehead atoms. The summed E-state index contributed by atoms with van der Waals surface area (Å²) in [5, 5.41) is 0. The third kappa shape index (κ3) is 2.45. The summed E-state index contributed by atoms with van der Waals surface area (Å²) in [5.41, 5.74) is 1.56. The van der Waals surface area contributed by atoms with Crippen molar-refractivity contribution in [1.29, 1.82) is 0 Å². The van der Waals surface area contributed by atoms with Gasteiger partial charge in [-0.1, -0.05) is 0 Å². The summed E-state index contributed by atoms with van der Waals surface area (Å²) in [6.07, 6.45) is 1.50. The number of aryl methyl sites for hydroxylation is 2. The van der Waals surface area contributed by atoms with Crippen LogP contribution in [0.25, 0.3) is 0 Å². The van der Waals surface area contributed by atoms with E-state index >= 15 is 0 Å². The fraction of sp³-hybridized carbons (Fsp3) is 0.400. The van der Waals surface area contributed by atoms with Gasteiger partial charge in [0.05, 0.1) is 17.8 Å². The molecular formula is C10H12N2O2. The maximum Gasteiger partial charge on any atom is 0.190 e. The lowest BCUT2D eigenvalue weighted by molar-refractivity contribution is -0.116. The maximum absolute atomic E-state index is 11.5. The number of nitrogens with zero attached hydrogens (tertiary/aromatic N) is 2. The van der Waals surface area contributed by atoms with Crippen LogP contribution in [0.3, 0.4) is 0 Å². The van der Waals surface area contributed by atoms with E-state index in [1.165, 1.54) is 6.92 Å². The van der Waals surface area contributed by atoms with Gasteiger partial charge in [0, 0.05) is 6.20 Å². The quantitative estimate of drug-likeness (QED) is 0.534. The summed E-state index contributed by atoms with van der Waals surface area (Å²) < 4.78 is 0. The smallest absolute Gasteiger partial charge is 0.190 e. The minimum atomic E-state index is -0.258. The maximum atomic E-state index is 11.5. The predicted octanol–water partition coefficient (Wildman–Crippen LogP) is 1.26. The lowest BCUT2D eigenvalue weighted by Crippen LogP contribution is -2.10. The highest BCUT2D eigenvalue weighted by Crippen LogP contribution is 2.05. The number of rotatable bonds is 3. The number of Topliss-reactive ketones (excluding diaryl/α,β-unsaturated/α-hetero) is 2. The first-order chi connectivity index (χ1) is 6.50. The molecule has 0 aromatic carbocycles. The summed E-state index contributed by atoms with van der Waals surface area (Å²) in [4.78, 5) is 30.3. The van der Waals surface area contributed by atoms with E-state index in [0.29, 0.717) is 17.1 Å². The normalized spacial score (nSPS) is 9.93.